The molecule has 2 aromatic rings. The van der Waals surface area contributed by atoms with Crippen molar-refractivity contribution in [2.75, 3.05) is 26.7 Å². The molecule has 47 heavy (non-hydrogen) atoms. The summed E-state index contributed by atoms with van der Waals surface area (Å²) in [6.07, 6.45) is 6.67. The normalized spacial score (nSPS) is 22.9. The Morgan fingerprint density at radius 2 is 2.04 bits per heavy atom. The third kappa shape index (κ3) is 7.12. The molecule has 1 aromatic heterocycles. The monoisotopic (exact) mass is 646 g/mol. The number of carbonyl (C=O) groups is 2. The molecule has 4 heterocycles. The van der Waals surface area contributed by atoms with E-state index in [2.05, 4.69) is 24.5 Å². The number of hydrogen-bond donors (Lipinski definition) is 3. The van der Waals surface area contributed by atoms with Gasteiger partial charge in [0, 0.05) is 67.5 Å². The molecule has 0 spiro atoms. The van der Waals surface area contributed by atoms with Crippen LogP contribution in [0.15, 0.2) is 68.2 Å². The fourth-order valence-electron chi connectivity index (χ4n) is 6.98. The number of esters is 1. The van der Waals surface area contributed by atoms with E-state index in [1.54, 1.807) is 32.1 Å². The van der Waals surface area contributed by atoms with E-state index in [0.717, 1.165) is 48.0 Å². The van der Waals surface area contributed by atoms with Gasteiger partial charge in [0.25, 0.3) is 0 Å². The Morgan fingerprint density at radius 3 is 2.74 bits per heavy atom. The lowest BCUT2D eigenvalue weighted by atomic mass is 9.75. The molecule has 1 fully saturated rings. The molecule has 0 saturated carbocycles. The van der Waals surface area contributed by atoms with Gasteiger partial charge in [-0.1, -0.05) is 19.9 Å². The molecule has 3 unspecified atom stereocenters. The number of carbonyl (C=O) groups excluding carboxylic acids is 2. The molecular weight excluding hydrogens is 596 g/mol. The van der Waals surface area contributed by atoms with Crippen molar-refractivity contribution in [3.05, 3.63) is 74.9 Å². The van der Waals surface area contributed by atoms with Crippen LogP contribution in [-0.4, -0.2) is 60.7 Å². The number of likely N-dealkylation sites (tertiary alicyclic amines) is 1. The number of amides is 1. The highest BCUT2D eigenvalue weighted by molar-refractivity contribution is 5.88. The van der Waals surface area contributed by atoms with Crippen molar-refractivity contribution in [2.45, 2.75) is 90.9 Å². The average molecular weight is 647 g/mol. The second-order valence-electron chi connectivity index (χ2n) is 14.2. The summed E-state index contributed by atoms with van der Waals surface area (Å²) in [6, 6.07) is 7.04. The SMILES string of the molecule is CC=C(C)C(=O)OC(C)(C)C1(CC2=C(CC(=O)N3CC(CNC)C3CCC(C)C)CNC(N)=C2)Cc2cc3ccc(=O)oc3cc2O1. The van der Waals surface area contributed by atoms with Gasteiger partial charge in [0.2, 0.25) is 5.91 Å². The minimum absolute atomic E-state index is 0.106. The molecule has 0 aliphatic carbocycles. The Kier molecular flexibility index (Phi) is 9.91. The number of rotatable bonds is 12. The number of nitrogens with two attached hydrogens (primary N) is 1. The van der Waals surface area contributed by atoms with Crippen LogP contribution in [0.2, 0.25) is 0 Å². The van der Waals surface area contributed by atoms with Crippen LogP contribution in [0.25, 0.3) is 11.0 Å². The maximum Gasteiger partial charge on any atom is 0.336 e. The zero-order valence-corrected chi connectivity index (χ0v) is 28.8. The van der Waals surface area contributed by atoms with E-state index >= 15 is 0 Å². The molecule has 1 aromatic carbocycles. The Balaban J connectivity index is 1.49. The molecular formula is C37H50N4O6. The number of ether oxygens (including phenoxy) is 2. The van der Waals surface area contributed by atoms with Crippen LogP contribution < -0.4 is 26.7 Å². The van der Waals surface area contributed by atoms with Crippen molar-refractivity contribution in [3.63, 3.8) is 0 Å². The highest BCUT2D eigenvalue weighted by Gasteiger charge is 2.55. The zero-order chi connectivity index (χ0) is 34.1. The van der Waals surface area contributed by atoms with Gasteiger partial charge < -0.3 is 35.2 Å². The van der Waals surface area contributed by atoms with Crippen molar-refractivity contribution >= 4 is 22.8 Å². The maximum absolute atomic E-state index is 13.9. The van der Waals surface area contributed by atoms with Gasteiger partial charge in [-0.3, -0.25) is 4.79 Å². The Labute approximate surface area is 277 Å². The summed E-state index contributed by atoms with van der Waals surface area (Å²) < 4.78 is 18.5. The fraction of sp³-hybridized carbons (Fsp3) is 0.541. The minimum atomic E-state index is -1.12. The van der Waals surface area contributed by atoms with Crippen molar-refractivity contribution in [2.24, 2.45) is 17.6 Å². The standard InChI is InChI=1S/C37H50N4O6/c1-8-23(4)35(44)47-36(5,6)37(18-26-13-24-10-12-34(43)45-30(24)16-31(26)46-37)17-25-14-32(38)40-20-27(25)15-33(42)41-21-28(19-39-7)29(41)11-9-22(2)3/h8,10,12-14,16,22,28-29,39-40H,9,11,15,17-21,38H2,1-7H3. The lowest BCUT2D eigenvalue weighted by molar-refractivity contribution is -0.174. The molecule has 3 aliphatic rings. The van der Waals surface area contributed by atoms with E-state index in [1.165, 1.54) is 6.07 Å². The summed E-state index contributed by atoms with van der Waals surface area (Å²) in [5, 5.41) is 7.29. The molecule has 1 saturated heterocycles. The van der Waals surface area contributed by atoms with E-state index in [0.29, 0.717) is 53.9 Å². The van der Waals surface area contributed by atoms with E-state index in [4.69, 9.17) is 19.6 Å². The lowest BCUT2D eigenvalue weighted by Gasteiger charge is -2.49. The quantitative estimate of drug-likeness (QED) is 0.170. The first-order valence-electron chi connectivity index (χ1n) is 16.7. The molecule has 0 radical (unpaired) electrons. The van der Waals surface area contributed by atoms with Gasteiger partial charge in [-0.2, -0.15) is 0 Å². The minimum Gasteiger partial charge on any atom is -0.482 e. The summed E-state index contributed by atoms with van der Waals surface area (Å²) in [6.45, 7) is 13.7. The fourth-order valence-corrected chi connectivity index (χ4v) is 6.98. The summed E-state index contributed by atoms with van der Waals surface area (Å²) in [4.78, 5) is 41.1. The van der Waals surface area contributed by atoms with E-state index in [-0.39, 0.29) is 18.4 Å². The molecule has 1 amide bonds. The zero-order valence-electron chi connectivity index (χ0n) is 28.8. The van der Waals surface area contributed by atoms with Crippen LogP contribution in [0.5, 0.6) is 5.75 Å². The number of hydrogen-bond acceptors (Lipinski definition) is 9. The van der Waals surface area contributed by atoms with E-state index in [1.807, 2.05) is 37.9 Å². The number of benzene rings is 1. The number of allylic oxidation sites excluding steroid dienone is 2. The van der Waals surface area contributed by atoms with Gasteiger partial charge in [0.1, 0.15) is 16.9 Å². The first kappa shape index (κ1) is 34.3. The van der Waals surface area contributed by atoms with Gasteiger partial charge >= 0.3 is 11.6 Å². The molecule has 10 nitrogen and oxygen atoms in total. The predicted octanol–water partition coefficient (Wildman–Crippen LogP) is 4.72. The molecule has 5 rings (SSSR count). The van der Waals surface area contributed by atoms with Gasteiger partial charge in [-0.25, -0.2) is 9.59 Å². The van der Waals surface area contributed by atoms with Gasteiger partial charge in [-0.15, -0.1) is 0 Å². The largest absolute Gasteiger partial charge is 0.482 e. The number of nitrogens with zero attached hydrogens (tertiary/aromatic N) is 1. The second-order valence-corrected chi connectivity index (χ2v) is 14.2. The Morgan fingerprint density at radius 1 is 1.28 bits per heavy atom. The van der Waals surface area contributed by atoms with Crippen molar-refractivity contribution in [1.29, 1.82) is 0 Å². The highest BCUT2D eigenvalue weighted by Crippen LogP contribution is 2.48. The van der Waals surface area contributed by atoms with Gasteiger partial charge in [0.05, 0.1) is 12.2 Å². The summed E-state index contributed by atoms with van der Waals surface area (Å²) in [5.74, 6) is 1.75. The molecule has 0 bridgehead atoms. The van der Waals surface area contributed by atoms with Crippen LogP contribution in [0, 0.1) is 11.8 Å². The second kappa shape index (κ2) is 13.6. The topological polar surface area (TPSA) is 136 Å². The van der Waals surface area contributed by atoms with Crippen LogP contribution in [0.4, 0.5) is 0 Å². The molecule has 10 heteroatoms. The van der Waals surface area contributed by atoms with Crippen LogP contribution in [0.3, 0.4) is 0 Å². The molecule has 4 N–H and O–H groups in total. The van der Waals surface area contributed by atoms with Crippen molar-refractivity contribution in [1.82, 2.24) is 15.5 Å². The summed E-state index contributed by atoms with van der Waals surface area (Å²) >= 11 is 0. The maximum atomic E-state index is 13.9. The first-order chi connectivity index (χ1) is 22.3. The number of dihydropyridines is 1. The smallest absolute Gasteiger partial charge is 0.336 e. The third-order valence-corrected chi connectivity index (χ3v) is 10.1. The summed E-state index contributed by atoms with van der Waals surface area (Å²) in [5.41, 5.74) is 7.35. The lowest BCUT2D eigenvalue weighted by Crippen LogP contribution is -2.61. The van der Waals surface area contributed by atoms with Gasteiger partial charge in [0.15, 0.2) is 5.60 Å². The van der Waals surface area contributed by atoms with Crippen LogP contribution in [0.1, 0.15) is 72.8 Å². The Bertz CT molecular complexity index is 1690. The number of nitrogens with one attached hydrogen (secondary N) is 2. The molecule has 254 valence electrons. The van der Waals surface area contributed by atoms with E-state index in [9.17, 15) is 14.4 Å². The van der Waals surface area contributed by atoms with E-state index < -0.39 is 22.8 Å². The third-order valence-electron chi connectivity index (χ3n) is 10.1. The van der Waals surface area contributed by atoms with Gasteiger partial charge in [-0.05, 0) is 88.4 Å². The summed E-state index contributed by atoms with van der Waals surface area (Å²) in [7, 11) is 1.96. The Hall–Kier alpha value is -4.05. The highest BCUT2D eigenvalue weighted by atomic mass is 16.6. The van der Waals surface area contributed by atoms with Crippen molar-refractivity contribution < 1.29 is 23.5 Å². The van der Waals surface area contributed by atoms with Crippen molar-refractivity contribution in [3.8, 4) is 5.75 Å². The predicted molar refractivity (Wildman–Crippen MR) is 183 cm³/mol. The van der Waals surface area contributed by atoms with Crippen LogP contribution in [-0.2, 0) is 20.7 Å². The first-order valence-corrected chi connectivity index (χ1v) is 16.7. The molecule has 3 aliphatic heterocycles. The number of fused-ring (bicyclic) bond motifs is 2. The molecule has 3 atom stereocenters. The average Bonchev–Trinajstić information content (AvgIpc) is 3.36. The van der Waals surface area contributed by atoms with Crippen LogP contribution >= 0.6 is 0 Å².